The van der Waals surface area contributed by atoms with Gasteiger partial charge in [0.2, 0.25) is 0 Å². The minimum atomic E-state index is -0.0866. The summed E-state index contributed by atoms with van der Waals surface area (Å²) in [6.07, 6.45) is 2.58. The van der Waals surface area contributed by atoms with E-state index in [1.165, 1.54) is 0 Å². The Hall–Kier alpha value is -2.15. The molecule has 19 heavy (non-hydrogen) atoms. The fourth-order valence-electron chi connectivity index (χ4n) is 2.40. The molecular formula is C15H16N2O2. The van der Waals surface area contributed by atoms with Crippen molar-refractivity contribution >= 4 is 11.7 Å². The molecule has 98 valence electrons. The van der Waals surface area contributed by atoms with E-state index in [0.717, 1.165) is 12.8 Å². The van der Waals surface area contributed by atoms with Crippen LogP contribution in [-0.2, 0) is 4.79 Å². The molecular weight excluding hydrogens is 240 g/mol. The zero-order valence-electron chi connectivity index (χ0n) is 10.9. The maximum absolute atomic E-state index is 12.3. The van der Waals surface area contributed by atoms with E-state index in [-0.39, 0.29) is 17.7 Å². The van der Waals surface area contributed by atoms with Crippen molar-refractivity contribution in [2.24, 2.45) is 0 Å². The lowest BCUT2D eigenvalue weighted by Gasteiger charge is -2.30. The summed E-state index contributed by atoms with van der Waals surface area (Å²) >= 11 is 0. The van der Waals surface area contributed by atoms with Crippen LogP contribution in [-0.4, -0.2) is 29.7 Å². The number of hydrogen-bond acceptors (Lipinski definition) is 3. The number of nitriles is 1. The maximum Gasteiger partial charge on any atom is 0.253 e. The van der Waals surface area contributed by atoms with Gasteiger partial charge in [-0.3, -0.25) is 9.59 Å². The maximum atomic E-state index is 12.3. The standard InChI is InChI=1S/C15H16N2O2/c1-17(13-5-7-14(18)8-6-13)15(19)12-4-2-3-11(9-12)10-16/h2-4,9,13H,5-8H2,1H3. The molecule has 0 atom stereocenters. The number of ketones is 1. The van der Waals surface area contributed by atoms with E-state index in [0.29, 0.717) is 24.0 Å². The molecule has 0 aliphatic heterocycles. The number of carbonyl (C=O) groups is 2. The van der Waals surface area contributed by atoms with Crippen molar-refractivity contribution in [2.75, 3.05) is 7.05 Å². The first-order valence-corrected chi connectivity index (χ1v) is 6.41. The Bertz CT molecular complexity index is 535. The minimum absolute atomic E-state index is 0.0866. The molecule has 1 aromatic rings. The normalized spacial score (nSPS) is 15.9. The van der Waals surface area contributed by atoms with Gasteiger partial charge in [0.05, 0.1) is 11.6 Å². The van der Waals surface area contributed by atoms with E-state index in [4.69, 9.17) is 5.26 Å². The van der Waals surface area contributed by atoms with Gasteiger partial charge in [-0.15, -0.1) is 0 Å². The molecule has 4 nitrogen and oxygen atoms in total. The van der Waals surface area contributed by atoms with Crippen LogP contribution in [0.3, 0.4) is 0 Å². The summed E-state index contributed by atoms with van der Waals surface area (Å²) < 4.78 is 0. The second kappa shape index (κ2) is 5.66. The molecule has 1 fully saturated rings. The third-order valence-corrected chi connectivity index (χ3v) is 3.62. The highest BCUT2D eigenvalue weighted by Crippen LogP contribution is 2.21. The molecule has 0 unspecified atom stereocenters. The molecule has 0 bridgehead atoms. The Morgan fingerprint density at radius 2 is 2.05 bits per heavy atom. The first-order chi connectivity index (χ1) is 9.11. The average Bonchev–Trinajstić information content (AvgIpc) is 2.46. The van der Waals surface area contributed by atoms with Crippen LogP contribution < -0.4 is 0 Å². The zero-order chi connectivity index (χ0) is 13.8. The van der Waals surface area contributed by atoms with E-state index in [1.807, 2.05) is 6.07 Å². The number of Topliss-reactive ketones (excluding diaryl/α,β-unsaturated/α-hetero) is 1. The summed E-state index contributed by atoms with van der Waals surface area (Å²) in [6, 6.07) is 8.86. The molecule has 0 radical (unpaired) electrons. The number of nitrogens with zero attached hydrogens (tertiary/aromatic N) is 2. The lowest BCUT2D eigenvalue weighted by atomic mass is 9.93. The largest absolute Gasteiger partial charge is 0.339 e. The van der Waals surface area contributed by atoms with Crippen molar-refractivity contribution in [3.63, 3.8) is 0 Å². The van der Waals surface area contributed by atoms with Crippen molar-refractivity contribution in [3.8, 4) is 6.07 Å². The second-order valence-electron chi connectivity index (χ2n) is 4.88. The number of benzene rings is 1. The first-order valence-electron chi connectivity index (χ1n) is 6.41. The number of amides is 1. The Labute approximate surface area is 112 Å². The molecule has 1 aliphatic rings. The van der Waals surface area contributed by atoms with Gasteiger partial charge in [0.15, 0.2) is 0 Å². The van der Waals surface area contributed by atoms with Crippen LogP contribution in [0.5, 0.6) is 0 Å². The number of carbonyl (C=O) groups excluding carboxylic acids is 2. The van der Waals surface area contributed by atoms with Gasteiger partial charge in [0, 0.05) is 31.5 Å². The summed E-state index contributed by atoms with van der Waals surface area (Å²) in [5.74, 6) is 0.194. The number of rotatable bonds is 2. The second-order valence-corrected chi connectivity index (χ2v) is 4.88. The van der Waals surface area contributed by atoms with Crippen molar-refractivity contribution in [1.29, 1.82) is 5.26 Å². The summed E-state index contributed by atoms with van der Waals surface area (Å²) in [4.78, 5) is 25.2. The van der Waals surface area contributed by atoms with Crippen LogP contribution in [0, 0.1) is 11.3 Å². The molecule has 0 aromatic heterocycles. The van der Waals surface area contributed by atoms with Crippen molar-refractivity contribution in [2.45, 2.75) is 31.7 Å². The lowest BCUT2D eigenvalue weighted by Crippen LogP contribution is -2.39. The minimum Gasteiger partial charge on any atom is -0.339 e. The van der Waals surface area contributed by atoms with Crippen LogP contribution in [0.25, 0.3) is 0 Å². The summed E-state index contributed by atoms with van der Waals surface area (Å²) in [5, 5.41) is 8.85. The molecule has 1 amide bonds. The van der Waals surface area contributed by atoms with Crippen molar-refractivity contribution < 1.29 is 9.59 Å². The predicted molar refractivity (Wildman–Crippen MR) is 70.5 cm³/mol. The Balaban J connectivity index is 2.10. The molecule has 2 rings (SSSR count). The van der Waals surface area contributed by atoms with Crippen LogP contribution >= 0.6 is 0 Å². The van der Waals surface area contributed by atoms with Crippen molar-refractivity contribution in [3.05, 3.63) is 35.4 Å². The Kier molecular flexibility index (Phi) is 3.96. The van der Waals surface area contributed by atoms with Gasteiger partial charge in [-0.25, -0.2) is 0 Å². The first kappa shape index (κ1) is 13.3. The molecule has 0 spiro atoms. The molecule has 1 saturated carbocycles. The third kappa shape index (κ3) is 3.00. The van der Waals surface area contributed by atoms with E-state index in [2.05, 4.69) is 0 Å². The SMILES string of the molecule is CN(C(=O)c1cccc(C#N)c1)C1CCC(=O)CC1. The van der Waals surface area contributed by atoms with Gasteiger partial charge < -0.3 is 4.90 Å². The smallest absolute Gasteiger partial charge is 0.253 e. The fraction of sp³-hybridized carbons (Fsp3) is 0.400. The average molecular weight is 256 g/mol. The van der Waals surface area contributed by atoms with Gasteiger partial charge in [-0.05, 0) is 31.0 Å². The number of hydrogen-bond donors (Lipinski definition) is 0. The molecule has 1 aromatic carbocycles. The van der Waals surface area contributed by atoms with E-state index < -0.39 is 0 Å². The van der Waals surface area contributed by atoms with Gasteiger partial charge in [-0.1, -0.05) is 6.07 Å². The summed E-state index contributed by atoms with van der Waals surface area (Å²) in [6.45, 7) is 0. The third-order valence-electron chi connectivity index (χ3n) is 3.62. The molecule has 0 heterocycles. The highest BCUT2D eigenvalue weighted by atomic mass is 16.2. The zero-order valence-corrected chi connectivity index (χ0v) is 10.9. The van der Waals surface area contributed by atoms with E-state index in [1.54, 1.807) is 36.2 Å². The topological polar surface area (TPSA) is 61.2 Å². The van der Waals surface area contributed by atoms with Gasteiger partial charge in [-0.2, -0.15) is 5.26 Å². The molecule has 0 saturated heterocycles. The highest BCUT2D eigenvalue weighted by molar-refractivity contribution is 5.94. The van der Waals surface area contributed by atoms with Gasteiger partial charge >= 0.3 is 0 Å². The van der Waals surface area contributed by atoms with E-state index in [9.17, 15) is 9.59 Å². The lowest BCUT2D eigenvalue weighted by molar-refractivity contribution is -0.121. The highest BCUT2D eigenvalue weighted by Gasteiger charge is 2.25. The Morgan fingerprint density at radius 3 is 2.68 bits per heavy atom. The molecule has 1 aliphatic carbocycles. The van der Waals surface area contributed by atoms with E-state index >= 15 is 0 Å². The van der Waals surface area contributed by atoms with Crippen LogP contribution in [0.2, 0.25) is 0 Å². The van der Waals surface area contributed by atoms with Crippen LogP contribution in [0.15, 0.2) is 24.3 Å². The molecule has 0 N–H and O–H groups in total. The summed E-state index contributed by atoms with van der Waals surface area (Å²) in [7, 11) is 1.77. The van der Waals surface area contributed by atoms with Crippen molar-refractivity contribution in [1.82, 2.24) is 4.90 Å². The Morgan fingerprint density at radius 1 is 1.37 bits per heavy atom. The van der Waals surface area contributed by atoms with Gasteiger partial charge in [0.25, 0.3) is 5.91 Å². The summed E-state index contributed by atoms with van der Waals surface area (Å²) in [5.41, 5.74) is 1.01. The fourth-order valence-corrected chi connectivity index (χ4v) is 2.40. The van der Waals surface area contributed by atoms with Gasteiger partial charge in [0.1, 0.15) is 5.78 Å². The van der Waals surface area contributed by atoms with Crippen LogP contribution in [0.1, 0.15) is 41.6 Å². The van der Waals surface area contributed by atoms with Crippen LogP contribution in [0.4, 0.5) is 0 Å². The monoisotopic (exact) mass is 256 g/mol. The molecule has 4 heteroatoms. The quantitative estimate of drug-likeness (QED) is 0.814. The predicted octanol–water partition coefficient (Wildman–Crippen LogP) is 2.14.